The third kappa shape index (κ3) is 5.34. The minimum atomic E-state index is -4.35. The maximum atomic E-state index is 12.7. The molecule has 12 nitrogen and oxygen atoms in total. The number of nitro groups is 1. The Bertz CT molecular complexity index is 1370. The number of aromatic carboxylic acids is 1. The van der Waals surface area contributed by atoms with Crippen molar-refractivity contribution < 1.29 is 33.5 Å². The van der Waals surface area contributed by atoms with E-state index in [1.807, 2.05) is 0 Å². The highest BCUT2D eigenvalue weighted by Crippen LogP contribution is 2.29. The number of nitro benzene ring substituents is 1. The van der Waals surface area contributed by atoms with Crippen LogP contribution in [0.15, 0.2) is 70.7 Å². The van der Waals surface area contributed by atoms with Crippen LogP contribution < -0.4 is 10.1 Å². The number of carboxylic acids is 1. The SMILES string of the molecule is O=C(O)c1ccccc1NS(=O)(=O)c1ccc(NN=Cc2ccc(O)c(O)c2)c([N+](=O)[O-])c1. The molecular weight excluding hydrogens is 456 g/mol. The van der Waals surface area contributed by atoms with Gasteiger partial charge >= 0.3 is 5.97 Å². The van der Waals surface area contributed by atoms with Gasteiger partial charge in [0.1, 0.15) is 5.69 Å². The number of phenols is 2. The smallest absolute Gasteiger partial charge is 0.337 e. The Morgan fingerprint density at radius 1 is 1.00 bits per heavy atom. The first-order valence-electron chi connectivity index (χ1n) is 9.03. The standard InChI is InChI=1S/C20H16N4O8S/c25-18-8-5-12(9-19(18)26)11-21-22-16-7-6-13(10-17(16)24(29)30)33(31,32)23-15-4-2-1-3-14(15)20(27)28/h1-11,22-23,25-26H,(H,27,28). The predicted octanol–water partition coefficient (Wildman–Crippen LogP) is 2.95. The third-order valence-electron chi connectivity index (χ3n) is 4.28. The van der Waals surface area contributed by atoms with Crippen LogP contribution in [0.4, 0.5) is 17.1 Å². The summed E-state index contributed by atoms with van der Waals surface area (Å²) in [6, 6.07) is 12.2. The average Bonchev–Trinajstić information content (AvgIpc) is 2.76. The van der Waals surface area contributed by atoms with E-state index in [-0.39, 0.29) is 28.4 Å². The van der Waals surface area contributed by atoms with Gasteiger partial charge in [-0.25, -0.2) is 13.2 Å². The van der Waals surface area contributed by atoms with Gasteiger partial charge in [0.15, 0.2) is 11.5 Å². The van der Waals surface area contributed by atoms with Gasteiger partial charge in [-0.15, -0.1) is 0 Å². The van der Waals surface area contributed by atoms with Crippen molar-refractivity contribution in [3.8, 4) is 11.5 Å². The van der Waals surface area contributed by atoms with Crippen LogP contribution >= 0.6 is 0 Å². The first kappa shape index (κ1) is 23.0. The number of carbonyl (C=O) groups is 1. The summed E-state index contributed by atoms with van der Waals surface area (Å²) in [7, 11) is -4.35. The van der Waals surface area contributed by atoms with E-state index < -0.39 is 31.5 Å². The van der Waals surface area contributed by atoms with Crippen LogP contribution in [0, 0.1) is 10.1 Å². The molecule has 0 aromatic heterocycles. The van der Waals surface area contributed by atoms with Crippen LogP contribution in [0.3, 0.4) is 0 Å². The molecule has 170 valence electrons. The Kier molecular flexibility index (Phi) is 6.44. The number of benzene rings is 3. The molecule has 0 aliphatic carbocycles. The number of aromatic hydroxyl groups is 2. The van der Waals surface area contributed by atoms with Gasteiger partial charge in [-0.2, -0.15) is 5.10 Å². The second kappa shape index (κ2) is 9.23. The molecule has 3 aromatic carbocycles. The Hall–Kier alpha value is -4.65. The van der Waals surface area contributed by atoms with Crippen LogP contribution in [0.1, 0.15) is 15.9 Å². The molecule has 0 aliphatic rings. The number of anilines is 2. The molecular formula is C20H16N4O8S. The van der Waals surface area contributed by atoms with Crippen molar-refractivity contribution in [1.29, 1.82) is 0 Å². The van der Waals surface area contributed by atoms with Crippen LogP contribution in [-0.4, -0.2) is 40.8 Å². The maximum Gasteiger partial charge on any atom is 0.337 e. The van der Waals surface area contributed by atoms with Crippen LogP contribution in [0.25, 0.3) is 0 Å². The molecule has 0 heterocycles. The topological polar surface area (TPSA) is 191 Å². The highest BCUT2D eigenvalue weighted by molar-refractivity contribution is 7.92. The summed E-state index contributed by atoms with van der Waals surface area (Å²) in [4.78, 5) is 21.5. The zero-order valence-electron chi connectivity index (χ0n) is 16.5. The first-order chi connectivity index (χ1) is 15.6. The number of nitrogens with one attached hydrogen (secondary N) is 2. The van der Waals surface area contributed by atoms with Gasteiger partial charge in [-0.3, -0.25) is 20.3 Å². The van der Waals surface area contributed by atoms with E-state index in [9.17, 15) is 38.6 Å². The molecule has 5 N–H and O–H groups in total. The zero-order chi connectivity index (χ0) is 24.2. The van der Waals surface area contributed by atoms with Crippen molar-refractivity contribution >= 4 is 39.3 Å². The Balaban J connectivity index is 1.87. The summed E-state index contributed by atoms with van der Waals surface area (Å²) in [6.45, 7) is 0. The van der Waals surface area contributed by atoms with Crippen LogP contribution in [0.5, 0.6) is 11.5 Å². The second-order valence-electron chi connectivity index (χ2n) is 6.51. The van der Waals surface area contributed by atoms with Crippen molar-refractivity contribution in [2.75, 3.05) is 10.1 Å². The molecule has 0 spiro atoms. The summed E-state index contributed by atoms with van der Waals surface area (Å²) >= 11 is 0. The van der Waals surface area contributed by atoms with Crippen molar-refractivity contribution in [1.82, 2.24) is 0 Å². The molecule has 0 fully saturated rings. The third-order valence-corrected chi connectivity index (χ3v) is 5.64. The molecule has 0 bridgehead atoms. The van der Waals surface area contributed by atoms with E-state index in [1.165, 1.54) is 48.7 Å². The lowest BCUT2D eigenvalue weighted by atomic mass is 10.2. The molecule has 0 atom stereocenters. The van der Waals surface area contributed by atoms with Gasteiger partial charge in [0, 0.05) is 6.07 Å². The van der Waals surface area contributed by atoms with Gasteiger partial charge in [0.2, 0.25) is 0 Å². The van der Waals surface area contributed by atoms with E-state index in [0.717, 1.165) is 18.2 Å². The highest BCUT2D eigenvalue weighted by atomic mass is 32.2. The molecule has 0 saturated carbocycles. The van der Waals surface area contributed by atoms with Gasteiger partial charge in [-0.05, 0) is 48.0 Å². The summed E-state index contributed by atoms with van der Waals surface area (Å²) in [5, 5.41) is 43.3. The van der Waals surface area contributed by atoms with Crippen molar-refractivity contribution in [2.45, 2.75) is 4.90 Å². The fraction of sp³-hybridized carbons (Fsp3) is 0. The Morgan fingerprint density at radius 3 is 2.39 bits per heavy atom. The lowest BCUT2D eigenvalue weighted by molar-refractivity contribution is -0.384. The monoisotopic (exact) mass is 472 g/mol. The van der Waals surface area contributed by atoms with E-state index in [4.69, 9.17) is 0 Å². The number of carboxylic acid groups (broad SMARTS) is 1. The lowest BCUT2D eigenvalue weighted by Crippen LogP contribution is -2.16. The molecule has 0 aliphatic heterocycles. The van der Waals surface area contributed by atoms with Crippen molar-refractivity contribution in [3.63, 3.8) is 0 Å². The fourth-order valence-corrected chi connectivity index (χ4v) is 3.78. The Labute approximate surface area is 186 Å². The molecule has 0 amide bonds. The number of rotatable bonds is 8. The number of phenolic OH excluding ortho intramolecular Hbond substituents is 2. The van der Waals surface area contributed by atoms with Crippen molar-refractivity contribution in [2.24, 2.45) is 5.10 Å². The van der Waals surface area contributed by atoms with E-state index >= 15 is 0 Å². The average molecular weight is 472 g/mol. The predicted molar refractivity (Wildman–Crippen MR) is 118 cm³/mol. The number of sulfonamides is 1. The van der Waals surface area contributed by atoms with Crippen LogP contribution in [-0.2, 0) is 10.0 Å². The minimum absolute atomic E-state index is 0.121. The summed E-state index contributed by atoms with van der Waals surface area (Å²) in [5.74, 6) is -2.05. The number of hydrogen-bond acceptors (Lipinski definition) is 9. The molecule has 0 radical (unpaired) electrons. The number of nitrogens with zero attached hydrogens (tertiary/aromatic N) is 2. The molecule has 0 unspecified atom stereocenters. The normalized spacial score (nSPS) is 11.3. The van der Waals surface area contributed by atoms with Gasteiger partial charge < -0.3 is 15.3 Å². The minimum Gasteiger partial charge on any atom is -0.504 e. The lowest BCUT2D eigenvalue weighted by Gasteiger charge is -2.11. The molecule has 3 aromatic rings. The van der Waals surface area contributed by atoms with E-state index in [2.05, 4.69) is 15.2 Å². The second-order valence-corrected chi connectivity index (χ2v) is 8.19. The summed E-state index contributed by atoms with van der Waals surface area (Å²) in [6.07, 6.45) is 1.22. The summed E-state index contributed by atoms with van der Waals surface area (Å²) < 4.78 is 27.5. The first-order valence-corrected chi connectivity index (χ1v) is 10.5. The van der Waals surface area contributed by atoms with Gasteiger partial charge in [-0.1, -0.05) is 12.1 Å². The van der Waals surface area contributed by atoms with E-state index in [1.54, 1.807) is 0 Å². The number of para-hydroxylation sites is 1. The summed E-state index contributed by atoms with van der Waals surface area (Å²) in [5.41, 5.74) is 1.59. The zero-order valence-corrected chi connectivity index (χ0v) is 17.4. The number of hydrogen-bond donors (Lipinski definition) is 5. The molecule has 3 rings (SSSR count). The molecule has 33 heavy (non-hydrogen) atoms. The maximum absolute atomic E-state index is 12.7. The largest absolute Gasteiger partial charge is 0.504 e. The molecule has 13 heteroatoms. The van der Waals surface area contributed by atoms with Crippen molar-refractivity contribution in [3.05, 3.63) is 81.9 Å². The van der Waals surface area contributed by atoms with Gasteiger partial charge in [0.25, 0.3) is 15.7 Å². The van der Waals surface area contributed by atoms with Gasteiger partial charge in [0.05, 0.1) is 27.3 Å². The fourth-order valence-electron chi connectivity index (χ4n) is 2.68. The molecule has 0 saturated heterocycles. The quantitative estimate of drug-likeness (QED) is 0.142. The number of hydrazone groups is 1. The van der Waals surface area contributed by atoms with E-state index in [0.29, 0.717) is 5.56 Å². The Morgan fingerprint density at radius 2 is 1.73 bits per heavy atom. The van der Waals surface area contributed by atoms with Crippen LogP contribution in [0.2, 0.25) is 0 Å². The highest BCUT2D eigenvalue weighted by Gasteiger charge is 2.23.